The van der Waals surface area contributed by atoms with Crippen LogP contribution in [0.15, 0.2) is 51.6 Å². The Morgan fingerprint density at radius 3 is 2.90 bits per heavy atom. The number of halogens is 1. The standard InChI is InChI=1S/C15H17BrN2O2/c1-11(8-14-6-3-7-20-14)17-10-15(19)18-13-5-2-4-12(16)9-13/h2-7,9,11,17H,8,10H2,1H3,(H,18,19). The molecule has 1 atom stereocenters. The minimum absolute atomic E-state index is 0.0607. The highest BCUT2D eigenvalue weighted by atomic mass is 79.9. The summed E-state index contributed by atoms with van der Waals surface area (Å²) in [4.78, 5) is 11.8. The van der Waals surface area contributed by atoms with Crippen molar-refractivity contribution < 1.29 is 9.21 Å². The Labute approximate surface area is 126 Å². The fourth-order valence-electron chi connectivity index (χ4n) is 1.84. The zero-order chi connectivity index (χ0) is 14.4. The number of hydrogen-bond donors (Lipinski definition) is 2. The van der Waals surface area contributed by atoms with E-state index < -0.39 is 0 Å². The Hall–Kier alpha value is -1.59. The van der Waals surface area contributed by atoms with E-state index in [1.54, 1.807) is 6.26 Å². The lowest BCUT2D eigenvalue weighted by atomic mass is 10.2. The van der Waals surface area contributed by atoms with Gasteiger partial charge in [0.25, 0.3) is 0 Å². The van der Waals surface area contributed by atoms with Gasteiger partial charge in [0.1, 0.15) is 5.76 Å². The monoisotopic (exact) mass is 336 g/mol. The van der Waals surface area contributed by atoms with Gasteiger partial charge in [-0.2, -0.15) is 0 Å². The molecule has 1 heterocycles. The number of carbonyl (C=O) groups excluding carboxylic acids is 1. The van der Waals surface area contributed by atoms with Gasteiger partial charge in [0.2, 0.25) is 5.91 Å². The van der Waals surface area contributed by atoms with Crippen LogP contribution < -0.4 is 10.6 Å². The molecule has 0 aliphatic rings. The lowest BCUT2D eigenvalue weighted by molar-refractivity contribution is -0.115. The molecule has 20 heavy (non-hydrogen) atoms. The third-order valence-corrected chi connectivity index (χ3v) is 3.30. The van der Waals surface area contributed by atoms with E-state index in [1.807, 2.05) is 43.3 Å². The molecule has 0 aliphatic heterocycles. The van der Waals surface area contributed by atoms with Gasteiger partial charge in [0, 0.05) is 22.6 Å². The molecule has 1 unspecified atom stereocenters. The third kappa shape index (κ3) is 4.83. The average molecular weight is 337 g/mol. The van der Waals surface area contributed by atoms with Crippen LogP contribution in [0.2, 0.25) is 0 Å². The molecule has 0 saturated heterocycles. The second kappa shape index (κ2) is 7.26. The summed E-state index contributed by atoms with van der Waals surface area (Å²) in [5.41, 5.74) is 0.782. The molecule has 0 saturated carbocycles. The van der Waals surface area contributed by atoms with Gasteiger partial charge in [-0.1, -0.05) is 22.0 Å². The molecule has 0 bridgehead atoms. The fraction of sp³-hybridized carbons (Fsp3) is 0.267. The minimum atomic E-state index is -0.0607. The lowest BCUT2D eigenvalue weighted by Gasteiger charge is -2.12. The maximum atomic E-state index is 11.8. The third-order valence-electron chi connectivity index (χ3n) is 2.81. The van der Waals surface area contributed by atoms with Gasteiger partial charge in [0.15, 0.2) is 0 Å². The molecule has 106 valence electrons. The highest BCUT2D eigenvalue weighted by Gasteiger charge is 2.08. The molecule has 0 aliphatic carbocycles. The van der Waals surface area contributed by atoms with Crippen LogP contribution in [-0.4, -0.2) is 18.5 Å². The molecule has 4 nitrogen and oxygen atoms in total. The minimum Gasteiger partial charge on any atom is -0.469 e. The Morgan fingerprint density at radius 1 is 1.35 bits per heavy atom. The van der Waals surface area contributed by atoms with Gasteiger partial charge < -0.3 is 15.1 Å². The number of hydrogen-bond acceptors (Lipinski definition) is 3. The van der Waals surface area contributed by atoms with Crippen LogP contribution in [0.1, 0.15) is 12.7 Å². The summed E-state index contributed by atoms with van der Waals surface area (Å²) in [7, 11) is 0. The average Bonchev–Trinajstić information content (AvgIpc) is 2.89. The van der Waals surface area contributed by atoms with Crippen LogP contribution in [0.4, 0.5) is 5.69 Å². The Morgan fingerprint density at radius 2 is 2.20 bits per heavy atom. The molecular formula is C15H17BrN2O2. The molecule has 1 amide bonds. The number of benzene rings is 1. The summed E-state index contributed by atoms with van der Waals surface area (Å²) in [5, 5.41) is 6.01. The van der Waals surface area contributed by atoms with E-state index in [9.17, 15) is 4.79 Å². The van der Waals surface area contributed by atoms with Crippen molar-refractivity contribution in [3.8, 4) is 0 Å². The van der Waals surface area contributed by atoms with Crippen molar-refractivity contribution in [2.24, 2.45) is 0 Å². The number of nitrogens with one attached hydrogen (secondary N) is 2. The van der Waals surface area contributed by atoms with Gasteiger partial charge in [0.05, 0.1) is 12.8 Å². The SMILES string of the molecule is CC(Cc1ccco1)NCC(=O)Nc1cccc(Br)c1. The molecule has 1 aromatic carbocycles. The van der Waals surface area contributed by atoms with Crippen molar-refractivity contribution in [3.63, 3.8) is 0 Å². The summed E-state index contributed by atoms with van der Waals surface area (Å²) in [6.45, 7) is 2.29. The summed E-state index contributed by atoms with van der Waals surface area (Å²) < 4.78 is 6.21. The lowest BCUT2D eigenvalue weighted by Crippen LogP contribution is -2.35. The van der Waals surface area contributed by atoms with Crippen molar-refractivity contribution in [1.29, 1.82) is 0 Å². The summed E-state index contributed by atoms with van der Waals surface area (Å²) in [5.74, 6) is 0.854. The maximum absolute atomic E-state index is 11.8. The fourth-order valence-corrected chi connectivity index (χ4v) is 2.24. The van der Waals surface area contributed by atoms with Crippen LogP contribution in [0.3, 0.4) is 0 Å². The van der Waals surface area contributed by atoms with E-state index >= 15 is 0 Å². The van der Waals surface area contributed by atoms with Gasteiger partial charge in [-0.05, 0) is 37.3 Å². The topological polar surface area (TPSA) is 54.3 Å². The summed E-state index contributed by atoms with van der Waals surface area (Å²) in [6, 6.07) is 11.5. The number of furan rings is 1. The number of amides is 1. The van der Waals surface area contributed by atoms with Crippen molar-refractivity contribution in [3.05, 3.63) is 52.9 Å². The van der Waals surface area contributed by atoms with E-state index in [1.165, 1.54) is 0 Å². The Kier molecular flexibility index (Phi) is 5.38. The van der Waals surface area contributed by atoms with Gasteiger partial charge >= 0.3 is 0 Å². The Balaban J connectivity index is 1.74. The zero-order valence-electron chi connectivity index (χ0n) is 11.2. The van der Waals surface area contributed by atoms with Crippen LogP contribution in [0, 0.1) is 0 Å². The molecule has 2 rings (SSSR count). The smallest absolute Gasteiger partial charge is 0.238 e. The number of carbonyl (C=O) groups is 1. The second-order valence-electron chi connectivity index (χ2n) is 4.62. The van der Waals surface area contributed by atoms with Gasteiger partial charge in [-0.25, -0.2) is 0 Å². The first kappa shape index (κ1) is 14.8. The zero-order valence-corrected chi connectivity index (χ0v) is 12.8. The summed E-state index contributed by atoms with van der Waals surface area (Å²) in [6.07, 6.45) is 2.42. The van der Waals surface area contributed by atoms with Crippen molar-refractivity contribution in [1.82, 2.24) is 5.32 Å². The van der Waals surface area contributed by atoms with Crippen LogP contribution >= 0.6 is 15.9 Å². The normalized spacial score (nSPS) is 12.1. The predicted octanol–water partition coefficient (Wildman–Crippen LogP) is 3.20. The first-order chi connectivity index (χ1) is 9.63. The molecule has 2 aromatic rings. The molecular weight excluding hydrogens is 320 g/mol. The first-order valence-electron chi connectivity index (χ1n) is 6.44. The second-order valence-corrected chi connectivity index (χ2v) is 5.54. The molecule has 5 heteroatoms. The van der Waals surface area contributed by atoms with E-state index in [4.69, 9.17) is 4.42 Å². The molecule has 2 N–H and O–H groups in total. The summed E-state index contributed by atoms with van der Waals surface area (Å²) >= 11 is 3.37. The van der Waals surface area contributed by atoms with E-state index in [2.05, 4.69) is 26.6 Å². The number of rotatable bonds is 6. The Bertz CT molecular complexity index is 555. The largest absolute Gasteiger partial charge is 0.469 e. The van der Waals surface area contributed by atoms with Crippen molar-refractivity contribution >= 4 is 27.5 Å². The van der Waals surface area contributed by atoms with Crippen molar-refractivity contribution in [2.45, 2.75) is 19.4 Å². The van der Waals surface area contributed by atoms with Gasteiger partial charge in [-0.3, -0.25) is 4.79 Å². The van der Waals surface area contributed by atoms with Crippen molar-refractivity contribution in [2.75, 3.05) is 11.9 Å². The number of anilines is 1. The van der Waals surface area contributed by atoms with Crippen LogP contribution in [0.5, 0.6) is 0 Å². The van der Waals surface area contributed by atoms with Crippen LogP contribution in [-0.2, 0) is 11.2 Å². The molecule has 0 spiro atoms. The van der Waals surface area contributed by atoms with Gasteiger partial charge in [-0.15, -0.1) is 0 Å². The first-order valence-corrected chi connectivity index (χ1v) is 7.24. The highest BCUT2D eigenvalue weighted by Crippen LogP contribution is 2.15. The van der Waals surface area contributed by atoms with Crippen LogP contribution in [0.25, 0.3) is 0 Å². The molecule has 0 radical (unpaired) electrons. The highest BCUT2D eigenvalue weighted by molar-refractivity contribution is 9.10. The van der Waals surface area contributed by atoms with E-state index in [-0.39, 0.29) is 18.5 Å². The van der Waals surface area contributed by atoms with E-state index in [0.29, 0.717) is 0 Å². The molecule has 0 fully saturated rings. The quantitative estimate of drug-likeness (QED) is 0.851. The molecule has 1 aromatic heterocycles. The predicted molar refractivity (Wildman–Crippen MR) is 82.6 cm³/mol. The van der Waals surface area contributed by atoms with E-state index in [0.717, 1.165) is 22.3 Å². The maximum Gasteiger partial charge on any atom is 0.238 e.